The van der Waals surface area contributed by atoms with E-state index in [4.69, 9.17) is 5.73 Å². The summed E-state index contributed by atoms with van der Waals surface area (Å²) in [6.07, 6.45) is 3.63. The Morgan fingerprint density at radius 2 is 2.47 bits per heavy atom. The number of aromatic nitrogens is 1. The number of hydrogen-bond donors (Lipinski definition) is 1. The smallest absolute Gasteiger partial charge is 0.339 e. The van der Waals surface area contributed by atoms with E-state index in [0.717, 1.165) is 12.8 Å². The van der Waals surface area contributed by atoms with Gasteiger partial charge in [-0.1, -0.05) is 19.4 Å². The van der Waals surface area contributed by atoms with Crippen LogP contribution in [-0.4, -0.2) is 18.1 Å². The van der Waals surface area contributed by atoms with Crippen LogP contribution in [0.1, 0.15) is 25.5 Å². The minimum absolute atomic E-state index is 0.367. The molecule has 0 saturated heterocycles. The summed E-state index contributed by atoms with van der Waals surface area (Å²) in [5.74, 6) is -0.367. The van der Waals surface area contributed by atoms with Crippen LogP contribution in [0.25, 0.3) is 5.57 Å². The van der Waals surface area contributed by atoms with E-state index >= 15 is 0 Å². The van der Waals surface area contributed by atoms with Gasteiger partial charge < -0.3 is 10.5 Å². The predicted molar refractivity (Wildman–Crippen MR) is 61.4 cm³/mol. The number of esters is 1. The molecule has 1 aromatic heterocycles. The van der Waals surface area contributed by atoms with Gasteiger partial charge in [0.25, 0.3) is 0 Å². The number of unbranched alkanes of at least 4 members (excludes halogenated alkanes) is 1. The third kappa shape index (κ3) is 3.06. The second kappa shape index (κ2) is 5.50. The summed E-state index contributed by atoms with van der Waals surface area (Å²) < 4.78 is 4.69. The first-order valence-electron chi connectivity index (χ1n) is 4.68. The molecule has 0 saturated carbocycles. The van der Waals surface area contributed by atoms with Crippen LogP contribution in [-0.2, 0) is 9.53 Å². The normalized spacial score (nSPS) is 11.5. The van der Waals surface area contributed by atoms with Crippen LogP contribution in [0.5, 0.6) is 0 Å². The minimum Gasteiger partial charge on any atom is -0.465 e. The van der Waals surface area contributed by atoms with Crippen LogP contribution in [0.3, 0.4) is 0 Å². The van der Waals surface area contributed by atoms with Gasteiger partial charge in [-0.25, -0.2) is 9.78 Å². The first-order chi connectivity index (χ1) is 7.19. The molecule has 0 aromatic carbocycles. The van der Waals surface area contributed by atoms with Crippen LogP contribution in [0, 0.1) is 0 Å². The Bertz CT molecular complexity index is 371. The molecule has 0 fully saturated rings. The molecule has 0 spiro atoms. The zero-order valence-electron chi connectivity index (χ0n) is 8.82. The number of ether oxygens (including phenoxy) is 1. The van der Waals surface area contributed by atoms with Crippen molar-refractivity contribution in [3.05, 3.63) is 17.2 Å². The lowest BCUT2D eigenvalue weighted by atomic mass is 10.1. The van der Waals surface area contributed by atoms with Gasteiger partial charge in [0.2, 0.25) is 0 Å². The fraction of sp³-hybridized carbons (Fsp3) is 0.400. The molecule has 0 aliphatic carbocycles. The zero-order chi connectivity index (χ0) is 11.3. The van der Waals surface area contributed by atoms with E-state index in [1.165, 1.54) is 18.4 Å². The average molecular weight is 226 g/mol. The molecule has 82 valence electrons. The monoisotopic (exact) mass is 226 g/mol. The molecule has 4 nitrogen and oxygen atoms in total. The standard InChI is InChI=1S/C10H14N2O2S/c1-3-4-5-7(9(13)14-2)8-6-15-10(11)12-8/h5-6H,3-4H2,1-2H3,(H2,11,12). The fourth-order valence-electron chi connectivity index (χ4n) is 1.10. The van der Waals surface area contributed by atoms with Crippen LogP contribution in [0.15, 0.2) is 11.5 Å². The summed E-state index contributed by atoms with van der Waals surface area (Å²) >= 11 is 1.31. The molecule has 2 N–H and O–H groups in total. The number of nitrogen functional groups attached to an aromatic ring is 1. The van der Waals surface area contributed by atoms with E-state index in [-0.39, 0.29) is 5.97 Å². The van der Waals surface area contributed by atoms with Crippen molar-refractivity contribution in [3.63, 3.8) is 0 Å². The van der Waals surface area contributed by atoms with E-state index in [9.17, 15) is 4.79 Å². The molecule has 0 bridgehead atoms. The Morgan fingerprint density at radius 3 is 2.93 bits per heavy atom. The molecule has 0 unspecified atom stereocenters. The Labute approximate surface area is 92.8 Å². The molecular weight excluding hydrogens is 212 g/mol. The quantitative estimate of drug-likeness (QED) is 0.630. The van der Waals surface area contributed by atoms with E-state index in [0.29, 0.717) is 16.4 Å². The second-order valence-corrected chi connectivity index (χ2v) is 3.86. The molecule has 0 amide bonds. The summed E-state index contributed by atoms with van der Waals surface area (Å²) in [5, 5.41) is 2.21. The van der Waals surface area contributed by atoms with Gasteiger partial charge in [0.05, 0.1) is 18.4 Å². The summed E-state index contributed by atoms with van der Waals surface area (Å²) in [5.41, 5.74) is 6.60. The van der Waals surface area contributed by atoms with Crippen molar-refractivity contribution in [2.24, 2.45) is 0 Å². The maximum atomic E-state index is 11.5. The number of carbonyl (C=O) groups excluding carboxylic acids is 1. The number of hydrogen-bond acceptors (Lipinski definition) is 5. The topological polar surface area (TPSA) is 65.2 Å². The molecular formula is C10H14N2O2S. The number of carbonyl (C=O) groups is 1. The Morgan fingerprint density at radius 1 is 1.73 bits per heavy atom. The minimum atomic E-state index is -0.367. The average Bonchev–Trinajstić information content (AvgIpc) is 2.65. The second-order valence-electron chi connectivity index (χ2n) is 2.97. The number of rotatable bonds is 4. The molecule has 0 aliphatic heterocycles. The lowest BCUT2D eigenvalue weighted by molar-refractivity contribution is -0.133. The Kier molecular flexibility index (Phi) is 4.30. The predicted octanol–water partition coefficient (Wildman–Crippen LogP) is 2.08. The lowest BCUT2D eigenvalue weighted by Crippen LogP contribution is -2.04. The van der Waals surface area contributed by atoms with Gasteiger partial charge in [0, 0.05) is 5.38 Å². The van der Waals surface area contributed by atoms with Crippen molar-refractivity contribution in [3.8, 4) is 0 Å². The van der Waals surface area contributed by atoms with Crippen molar-refractivity contribution < 1.29 is 9.53 Å². The summed E-state index contributed by atoms with van der Waals surface area (Å²) in [7, 11) is 1.36. The van der Waals surface area contributed by atoms with Crippen LogP contribution >= 0.6 is 11.3 Å². The van der Waals surface area contributed by atoms with Gasteiger partial charge in [-0.2, -0.15) is 0 Å². The van der Waals surface area contributed by atoms with Crippen molar-refractivity contribution in [1.29, 1.82) is 0 Å². The summed E-state index contributed by atoms with van der Waals surface area (Å²) in [6, 6.07) is 0. The number of thiazole rings is 1. The largest absolute Gasteiger partial charge is 0.465 e. The number of allylic oxidation sites excluding steroid dienone is 1. The highest BCUT2D eigenvalue weighted by Crippen LogP contribution is 2.21. The number of nitrogens with zero attached hydrogens (tertiary/aromatic N) is 1. The van der Waals surface area contributed by atoms with Crippen molar-refractivity contribution >= 4 is 28.0 Å². The van der Waals surface area contributed by atoms with E-state index in [2.05, 4.69) is 9.72 Å². The summed E-state index contributed by atoms with van der Waals surface area (Å²) in [4.78, 5) is 15.5. The fourth-order valence-corrected chi connectivity index (χ4v) is 1.67. The highest BCUT2D eigenvalue weighted by molar-refractivity contribution is 7.13. The summed E-state index contributed by atoms with van der Waals surface area (Å²) in [6.45, 7) is 2.04. The van der Waals surface area contributed by atoms with Crippen molar-refractivity contribution in [2.75, 3.05) is 12.8 Å². The third-order valence-electron chi connectivity index (χ3n) is 1.84. The van der Waals surface area contributed by atoms with Gasteiger partial charge in [-0.15, -0.1) is 11.3 Å². The zero-order valence-corrected chi connectivity index (χ0v) is 9.63. The van der Waals surface area contributed by atoms with Gasteiger partial charge >= 0.3 is 5.97 Å². The first-order valence-corrected chi connectivity index (χ1v) is 5.56. The van der Waals surface area contributed by atoms with Crippen molar-refractivity contribution in [2.45, 2.75) is 19.8 Å². The molecule has 0 atom stereocenters. The van der Waals surface area contributed by atoms with Crippen LogP contribution < -0.4 is 5.73 Å². The van der Waals surface area contributed by atoms with Gasteiger partial charge in [0.1, 0.15) is 0 Å². The number of anilines is 1. The number of methoxy groups -OCH3 is 1. The highest BCUT2D eigenvalue weighted by atomic mass is 32.1. The van der Waals surface area contributed by atoms with E-state index in [1.54, 1.807) is 5.38 Å². The Hall–Kier alpha value is -1.36. The maximum absolute atomic E-state index is 11.5. The SMILES string of the molecule is CCCC=C(C(=O)OC)c1csc(N)n1. The molecule has 5 heteroatoms. The third-order valence-corrected chi connectivity index (χ3v) is 2.51. The van der Waals surface area contributed by atoms with Crippen LogP contribution in [0.4, 0.5) is 5.13 Å². The maximum Gasteiger partial charge on any atom is 0.339 e. The van der Waals surface area contributed by atoms with Crippen molar-refractivity contribution in [1.82, 2.24) is 4.98 Å². The van der Waals surface area contributed by atoms with Gasteiger partial charge in [0.15, 0.2) is 5.13 Å². The molecule has 0 aliphatic rings. The lowest BCUT2D eigenvalue weighted by Gasteiger charge is -2.01. The molecule has 1 aromatic rings. The molecule has 15 heavy (non-hydrogen) atoms. The van der Waals surface area contributed by atoms with E-state index in [1.807, 2.05) is 13.0 Å². The van der Waals surface area contributed by atoms with Crippen LogP contribution in [0.2, 0.25) is 0 Å². The highest BCUT2D eigenvalue weighted by Gasteiger charge is 2.14. The van der Waals surface area contributed by atoms with E-state index < -0.39 is 0 Å². The Balaban J connectivity index is 2.95. The molecule has 0 radical (unpaired) electrons. The van der Waals surface area contributed by atoms with Gasteiger partial charge in [-0.3, -0.25) is 0 Å². The molecule has 1 rings (SSSR count). The first kappa shape index (κ1) is 11.7. The number of nitrogens with two attached hydrogens (primary N) is 1. The van der Waals surface area contributed by atoms with Gasteiger partial charge in [-0.05, 0) is 6.42 Å². The molecule has 1 heterocycles.